The Morgan fingerprint density at radius 2 is 1.90 bits per heavy atom. The first-order valence-electron chi connectivity index (χ1n) is 7.09. The summed E-state index contributed by atoms with van der Waals surface area (Å²) in [5, 5.41) is 8.50. The minimum atomic E-state index is -3.69. The molecule has 2 rings (SSSR count). The number of hydrogen-bond donors (Lipinski definition) is 3. The third-order valence-corrected chi connectivity index (χ3v) is 5.05. The minimum Gasteiger partial charge on any atom is -0.397 e. The van der Waals surface area contributed by atoms with E-state index in [0.29, 0.717) is 11.7 Å². The molecule has 1 aliphatic rings. The summed E-state index contributed by atoms with van der Waals surface area (Å²) in [5.74, 6) is 0.843. The van der Waals surface area contributed by atoms with E-state index in [4.69, 9.17) is 10.9 Å². The van der Waals surface area contributed by atoms with Crippen LogP contribution in [0.25, 0.3) is 0 Å². The molecule has 0 saturated heterocycles. The van der Waals surface area contributed by atoms with Gasteiger partial charge in [-0.3, -0.25) is 0 Å². The van der Waals surface area contributed by atoms with Crippen molar-refractivity contribution in [2.24, 2.45) is 11.1 Å². The van der Waals surface area contributed by atoms with Crippen molar-refractivity contribution in [1.82, 2.24) is 0 Å². The topological polar surface area (TPSA) is 98.2 Å². The highest BCUT2D eigenvalue weighted by Gasteiger charge is 2.20. The zero-order chi connectivity index (χ0) is 14.8. The predicted octanol–water partition coefficient (Wildman–Crippen LogP) is 2.30. The SMILES string of the molecule is CCC1CCC(Nc2ccc(S(N)(=O)=O)cc2N)CC1. The maximum Gasteiger partial charge on any atom is 0.238 e. The number of hydrogen-bond acceptors (Lipinski definition) is 4. The van der Waals surface area contributed by atoms with E-state index in [1.54, 1.807) is 6.07 Å². The Morgan fingerprint density at radius 3 is 2.40 bits per heavy atom. The van der Waals surface area contributed by atoms with Crippen LogP contribution in [0, 0.1) is 5.92 Å². The molecular formula is C14H23N3O2S. The third kappa shape index (κ3) is 3.64. The Morgan fingerprint density at radius 1 is 1.25 bits per heavy atom. The average molecular weight is 297 g/mol. The second-order valence-electron chi connectivity index (χ2n) is 5.56. The van der Waals surface area contributed by atoms with Gasteiger partial charge in [0.1, 0.15) is 0 Å². The Labute approximate surface area is 120 Å². The maximum absolute atomic E-state index is 11.3. The van der Waals surface area contributed by atoms with Crippen LogP contribution in [0.4, 0.5) is 11.4 Å². The van der Waals surface area contributed by atoms with Crippen LogP contribution in [0.5, 0.6) is 0 Å². The first kappa shape index (κ1) is 15.1. The summed E-state index contributed by atoms with van der Waals surface area (Å²) in [7, 11) is -3.69. The maximum atomic E-state index is 11.3. The standard InChI is InChI=1S/C14H23N3O2S/c1-2-10-3-5-11(6-4-10)17-14-8-7-12(9-13(14)15)20(16,18)19/h7-11,17H,2-6,15H2,1H3,(H2,16,18,19). The van der Waals surface area contributed by atoms with Gasteiger partial charge >= 0.3 is 0 Å². The highest BCUT2D eigenvalue weighted by Crippen LogP contribution is 2.30. The molecule has 0 atom stereocenters. The Bertz CT molecular complexity index is 564. The molecule has 0 unspecified atom stereocenters. The molecule has 20 heavy (non-hydrogen) atoms. The van der Waals surface area contributed by atoms with Crippen molar-refractivity contribution in [3.05, 3.63) is 18.2 Å². The molecule has 0 aromatic heterocycles. The number of primary sulfonamides is 1. The molecule has 1 fully saturated rings. The van der Waals surface area contributed by atoms with Gasteiger partial charge in [-0.25, -0.2) is 13.6 Å². The summed E-state index contributed by atoms with van der Waals surface area (Å²) in [6.45, 7) is 2.24. The van der Waals surface area contributed by atoms with E-state index in [-0.39, 0.29) is 4.90 Å². The van der Waals surface area contributed by atoms with Gasteiger partial charge in [0.15, 0.2) is 0 Å². The summed E-state index contributed by atoms with van der Waals surface area (Å²) in [4.78, 5) is 0.0511. The van der Waals surface area contributed by atoms with Gasteiger partial charge in [-0.2, -0.15) is 0 Å². The average Bonchev–Trinajstić information content (AvgIpc) is 2.41. The first-order chi connectivity index (χ1) is 9.40. The summed E-state index contributed by atoms with van der Waals surface area (Å²) in [5.41, 5.74) is 7.12. The Balaban J connectivity index is 2.04. The number of benzene rings is 1. The molecule has 5 N–H and O–H groups in total. The van der Waals surface area contributed by atoms with E-state index in [9.17, 15) is 8.42 Å². The van der Waals surface area contributed by atoms with E-state index in [1.165, 1.54) is 31.4 Å². The van der Waals surface area contributed by atoms with Crippen LogP contribution in [0.3, 0.4) is 0 Å². The van der Waals surface area contributed by atoms with Gasteiger partial charge in [0.05, 0.1) is 16.3 Å². The van der Waals surface area contributed by atoms with Crippen molar-refractivity contribution in [3.63, 3.8) is 0 Å². The summed E-state index contributed by atoms with van der Waals surface area (Å²) in [6.07, 6.45) is 5.99. The van der Waals surface area contributed by atoms with Crippen LogP contribution in [0.15, 0.2) is 23.1 Å². The molecule has 0 amide bonds. The number of anilines is 2. The van der Waals surface area contributed by atoms with Crippen molar-refractivity contribution >= 4 is 21.4 Å². The van der Waals surface area contributed by atoms with Crippen LogP contribution >= 0.6 is 0 Å². The number of sulfonamides is 1. The second kappa shape index (κ2) is 6.01. The quantitative estimate of drug-likeness (QED) is 0.743. The van der Waals surface area contributed by atoms with Crippen molar-refractivity contribution in [1.29, 1.82) is 0 Å². The van der Waals surface area contributed by atoms with Gasteiger partial charge in [-0.05, 0) is 49.8 Å². The number of rotatable bonds is 4. The van der Waals surface area contributed by atoms with Crippen LogP contribution < -0.4 is 16.2 Å². The zero-order valence-electron chi connectivity index (χ0n) is 11.8. The Kier molecular flexibility index (Phi) is 4.55. The molecule has 0 aliphatic heterocycles. The fourth-order valence-electron chi connectivity index (χ4n) is 2.78. The molecule has 6 heteroatoms. The normalized spacial score (nSPS) is 23.5. The predicted molar refractivity (Wildman–Crippen MR) is 81.9 cm³/mol. The van der Waals surface area contributed by atoms with Gasteiger partial charge in [0, 0.05) is 6.04 Å². The molecule has 0 heterocycles. The van der Waals surface area contributed by atoms with Crippen LogP contribution in [-0.4, -0.2) is 14.5 Å². The smallest absolute Gasteiger partial charge is 0.238 e. The van der Waals surface area contributed by atoms with E-state index >= 15 is 0 Å². The largest absolute Gasteiger partial charge is 0.397 e. The fraction of sp³-hybridized carbons (Fsp3) is 0.571. The van der Waals surface area contributed by atoms with E-state index in [1.807, 2.05) is 0 Å². The van der Waals surface area contributed by atoms with Gasteiger partial charge in [0.25, 0.3) is 0 Å². The monoisotopic (exact) mass is 297 g/mol. The van der Waals surface area contributed by atoms with Crippen LogP contribution in [-0.2, 0) is 10.0 Å². The highest BCUT2D eigenvalue weighted by atomic mass is 32.2. The number of nitrogen functional groups attached to an aromatic ring is 1. The third-order valence-electron chi connectivity index (χ3n) is 4.14. The van der Waals surface area contributed by atoms with E-state index < -0.39 is 10.0 Å². The molecule has 112 valence electrons. The lowest BCUT2D eigenvalue weighted by Gasteiger charge is -2.29. The molecule has 1 aromatic carbocycles. The molecule has 0 spiro atoms. The van der Waals surface area contributed by atoms with Gasteiger partial charge < -0.3 is 11.1 Å². The van der Waals surface area contributed by atoms with E-state index in [2.05, 4.69) is 12.2 Å². The minimum absolute atomic E-state index is 0.0511. The van der Waals surface area contributed by atoms with Crippen molar-refractivity contribution in [2.75, 3.05) is 11.1 Å². The molecule has 1 saturated carbocycles. The summed E-state index contributed by atoms with van der Waals surface area (Å²) >= 11 is 0. The number of nitrogens with two attached hydrogens (primary N) is 2. The molecule has 0 radical (unpaired) electrons. The van der Waals surface area contributed by atoms with Crippen molar-refractivity contribution < 1.29 is 8.42 Å². The second-order valence-corrected chi connectivity index (χ2v) is 7.13. The Hall–Kier alpha value is -1.27. The lowest BCUT2D eigenvalue weighted by atomic mass is 9.84. The fourth-order valence-corrected chi connectivity index (χ4v) is 3.33. The van der Waals surface area contributed by atoms with Gasteiger partial charge in [-0.15, -0.1) is 0 Å². The lowest BCUT2D eigenvalue weighted by Crippen LogP contribution is -2.26. The van der Waals surface area contributed by atoms with Crippen LogP contribution in [0.2, 0.25) is 0 Å². The highest BCUT2D eigenvalue weighted by molar-refractivity contribution is 7.89. The number of nitrogens with one attached hydrogen (secondary N) is 1. The lowest BCUT2D eigenvalue weighted by molar-refractivity contribution is 0.330. The van der Waals surface area contributed by atoms with Gasteiger partial charge in [0.2, 0.25) is 10.0 Å². The zero-order valence-corrected chi connectivity index (χ0v) is 12.6. The van der Waals surface area contributed by atoms with Crippen molar-refractivity contribution in [3.8, 4) is 0 Å². The molecular weight excluding hydrogens is 274 g/mol. The summed E-state index contributed by atoms with van der Waals surface area (Å²) < 4.78 is 22.5. The van der Waals surface area contributed by atoms with E-state index in [0.717, 1.165) is 24.4 Å². The van der Waals surface area contributed by atoms with Crippen LogP contribution in [0.1, 0.15) is 39.0 Å². The van der Waals surface area contributed by atoms with Gasteiger partial charge in [-0.1, -0.05) is 13.3 Å². The molecule has 0 bridgehead atoms. The summed E-state index contributed by atoms with van der Waals surface area (Å²) in [6, 6.07) is 5.02. The molecule has 1 aliphatic carbocycles. The van der Waals surface area contributed by atoms with Crippen molar-refractivity contribution in [2.45, 2.75) is 50.0 Å². The molecule has 1 aromatic rings. The first-order valence-corrected chi connectivity index (χ1v) is 8.63. The molecule has 5 nitrogen and oxygen atoms in total.